The number of nitrogens with one attached hydrogen (secondary N) is 1. The predicted octanol–water partition coefficient (Wildman–Crippen LogP) is 4.29. The van der Waals surface area contributed by atoms with Crippen LogP contribution in [0.15, 0.2) is 24.3 Å². The molecule has 1 aromatic rings. The lowest BCUT2D eigenvalue weighted by Crippen LogP contribution is -2.01. The summed E-state index contributed by atoms with van der Waals surface area (Å²) in [6.45, 7) is 3.25. The van der Waals surface area contributed by atoms with E-state index >= 15 is 0 Å². The summed E-state index contributed by atoms with van der Waals surface area (Å²) in [5.74, 6) is 2.50. The Morgan fingerprint density at radius 1 is 1.20 bits per heavy atom. The zero-order valence-electron chi connectivity index (χ0n) is 9.13. The molecule has 0 aromatic heterocycles. The minimum absolute atomic E-state index is 0.792. The molecule has 1 N–H and O–H groups in total. The highest BCUT2D eigenvalue weighted by Crippen LogP contribution is 2.13. The van der Waals surface area contributed by atoms with Crippen LogP contribution in [0.25, 0.3) is 0 Å². The molecule has 0 aliphatic heterocycles. The van der Waals surface area contributed by atoms with Gasteiger partial charge in [-0.1, -0.05) is 18.5 Å². The molecule has 0 saturated heterocycles. The van der Waals surface area contributed by atoms with Crippen molar-refractivity contribution in [2.45, 2.75) is 19.8 Å². The van der Waals surface area contributed by atoms with Crippen LogP contribution in [0, 0.1) is 0 Å². The van der Waals surface area contributed by atoms with E-state index in [1.54, 1.807) is 0 Å². The Balaban J connectivity index is 2.07. The molecule has 1 rings (SSSR count). The first-order valence-electron chi connectivity index (χ1n) is 5.40. The fraction of sp³-hybridized carbons (Fsp3) is 0.500. The smallest absolute Gasteiger partial charge is 0.0407 e. The van der Waals surface area contributed by atoms with Crippen molar-refractivity contribution in [1.29, 1.82) is 0 Å². The molecule has 0 radical (unpaired) electrons. The molecule has 0 bridgehead atoms. The van der Waals surface area contributed by atoms with Crippen LogP contribution in [0.4, 0.5) is 5.69 Å². The predicted molar refractivity (Wildman–Crippen MR) is 72.2 cm³/mol. The van der Waals surface area contributed by atoms with Gasteiger partial charge in [-0.25, -0.2) is 0 Å². The number of thioether (sulfide) groups is 1. The van der Waals surface area contributed by atoms with Gasteiger partial charge >= 0.3 is 0 Å². The van der Waals surface area contributed by atoms with Crippen LogP contribution in [0.5, 0.6) is 0 Å². The van der Waals surface area contributed by atoms with Gasteiger partial charge in [0.25, 0.3) is 0 Å². The van der Waals surface area contributed by atoms with Crippen molar-refractivity contribution in [2.24, 2.45) is 0 Å². The normalized spacial score (nSPS) is 10.3. The van der Waals surface area contributed by atoms with Crippen molar-refractivity contribution in [3.63, 3.8) is 0 Å². The molecule has 0 spiro atoms. The van der Waals surface area contributed by atoms with Crippen LogP contribution in [-0.4, -0.2) is 18.1 Å². The van der Waals surface area contributed by atoms with Gasteiger partial charge in [-0.3, -0.25) is 0 Å². The van der Waals surface area contributed by atoms with Crippen LogP contribution in [0.3, 0.4) is 0 Å². The zero-order valence-corrected chi connectivity index (χ0v) is 10.7. The van der Waals surface area contributed by atoms with E-state index in [9.17, 15) is 0 Å². The number of halogens is 1. The topological polar surface area (TPSA) is 12.0 Å². The Labute approximate surface area is 102 Å². The summed E-state index contributed by atoms with van der Waals surface area (Å²) in [4.78, 5) is 0. The maximum Gasteiger partial charge on any atom is 0.0407 e. The molecule has 0 aliphatic carbocycles. The van der Waals surface area contributed by atoms with E-state index in [-0.39, 0.29) is 0 Å². The Morgan fingerprint density at radius 2 is 1.93 bits per heavy atom. The van der Waals surface area contributed by atoms with E-state index in [0.717, 1.165) is 17.3 Å². The average molecular weight is 244 g/mol. The molecule has 0 fully saturated rings. The number of unbranched alkanes of at least 4 members (excludes halogenated alkanes) is 1. The highest BCUT2D eigenvalue weighted by molar-refractivity contribution is 7.99. The maximum absolute atomic E-state index is 5.80. The first-order chi connectivity index (χ1) is 7.33. The SMILES string of the molecule is CCSCCCCNc1ccc(Cl)cc1. The van der Waals surface area contributed by atoms with Crippen molar-refractivity contribution in [1.82, 2.24) is 0 Å². The average Bonchev–Trinajstić information content (AvgIpc) is 2.26. The van der Waals surface area contributed by atoms with Gasteiger partial charge in [-0.15, -0.1) is 0 Å². The van der Waals surface area contributed by atoms with Gasteiger partial charge in [0.2, 0.25) is 0 Å². The van der Waals surface area contributed by atoms with Crippen LogP contribution in [0.2, 0.25) is 5.02 Å². The lowest BCUT2D eigenvalue weighted by atomic mass is 10.3. The van der Waals surface area contributed by atoms with Crippen LogP contribution < -0.4 is 5.32 Å². The molecule has 0 saturated carbocycles. The van der Waals surface area contributed by atoms with Crippen LogP contribution in [-0.2, 0) is 0 Å². The van der Waals surface area contributed by atoms with Crippen molar-refractivity contribution in [2.75, 3.05) is 23.4 Å². The Kier molecular flexibility index (Phi) is 6.69. The third-order valence-corrected chi connectivity index (χ3v) is 3.33. The second-order valence-electron chi connectivity index (χ2n) is 3.34. The lowest BCUT2D eigenvalue weighted by Gasteiger charge is -2.05. The third kappa shape index (κ3) is 5.95. The van der Waals surface area contributed by atoms with E-state index in [4.69, 9.17) is 11.6 Å². The summed E-state index contributed by atoms with van der Waals surface area (Å²) in [5, 5.41) is 4.17. The molecule has 3 heteroatoms. The van der Waals surface area contributed by atoms with Gasteiger partial charge in [-0.2, -0.15) is 11.8 Å². The van der Waals surface area contributed by atoms with E-state index in [2.05, 4.69) is 12.2 Å². The monoisotopic (exact) mass is 243 g/mol. The zero-order chi connectivity index (χ0) is 10.9. The summed E-state index contributed by atoms with van der Waals surface area (Å²) < 4.78 is 0. The quantitative estimate of drug-likeness (QED) is 0.718. The number of rotatable bonds is 7. The minimum atomic E-state index is 0.792. The molecule has 0 amide bonds. The maximum atomic E-state index is 5.80. The Hall–Kier alpha value is -0.340. The molecule has 0 unspecified atom stereocenters. The first kappa shape index (κ1) is 12.7. The highest BCUT2D eigenvalue weighted by atomic mass is 35.5. The number of hydrogen-bond donors (Lipinski definition) is 1. The van der Waals surface area contributed by atoms with Gasteiger partial charge in [-0.05, 0) is 48.6 Å². The molecule has 1 aromatic carbocycles. The highest BCUT2D eigenvalue weighted by Gasteiger charge is 1.92. The van der Waals surface area contributed by atoms with Gasteiger partial charge < -0.3 is 5.32 Å². The number of benzene rings is 1. The fourth-order valence-electron chi connectivity index (χ4n) is 1.27. The second-order valence-corrected chi connectivity index (χ2v) is 5.17. The molecular formula is C12H18ClNS. The molecule has 84 valence electrons. The van der Waals surface area contributed by atoms with Crippen molar-refractivity contribution in [3.8, 4) is 0 Å². The molecule has 0 heterocycles. The summed E-state index contributed by atoms with van der Waals surface area (Å²) in [6, 6.07) is 7.86. The van der Waals surface area contributed by atoms with Crippen molar-refractivity contribution >= 4 is 29.1 Å². The Bertz CT molecular complexity index is 261. The van der Waals surface area contributed by atoms with Gasteiger partial charge in [0.1, 0.15) is 0 Å². The minimum Gasteiger partial charge on any atom is -0.385 e. The van der Waals surface area contributed by atoms with E-state index in [0.29, 0.717) is 0 Å². The Morgan fingerprint density at radius 3 is 2.60 bits per heavy atom. The van der Waals surface area contributed by atoms with E-state index in [1.807, 2.05) is 36.0 Å². The summed E-state index contributed by atoms with van der Waals surface area (Å²) in [7, 11) is 0. The molecule has 1 nitrogen and oxygen atoms in total. The number of hydrogen-bond acceptors (Lipinski definition) is 2. The summed E-state index contributed by atoms with van der Waals surface area (Å²) >= 11 is 7.81. The summed E-state index contributed by atoms with van der Waals surface area (Å²) in [6.07, 6.45) is 2.52. The largest absolute Gasteiger partial charge is 0.385 e. The van der Waals surface area contributed by atoms with Crippen molar-refractivity contribution < 1.29 is 0 Å². The van der Waals surface area contributed by atoms with Gasteiger partial charge in [0.05, 0.1) is 0 Å². The number of anilines is 1. The fourth-order valence-corrected chi connectivity index (χ4v) is 2.10. The molecular weight excluding hydrogens is 226 g/mol. The second kappa shape index (κ2) is 7.89. The molecule has 0 aliphatic rings. The van der Waals surface area contributed by atoms with E-state index in [1.165, 1.54) is 24.3 Å². The van der Waals surface area contributed by atoms with Crippen LogP contribution in [0.1, 0.15) is 19.8 Å². The van der Waals surface area contributed by atoms with Crippen molar-refractivity contribution in [3.05, 3.63) is 29.3 Å². The van der Waals surface area contributed by atoms with E-state index < -0.39 is 0 Å². The lowest BCUT2D eigenvalue weighted by molar-refractivity contribution is 0.843. The third-order valence-electron chi connectivity index (χ3n) is 2.09. The van der Waals surface area contributed by atoms with Gasteiger partial charge in [0.15, 0.2) is 0 Å². The summed E-state index contributed by atoms with van der Waals surface area (Å²) in [5.41, 5.74) is 1.16. The van der Waals surface area contributed by atoms with Crippen LogP contribution >= 0.6 is 23.4 Å². The van der Waals surface area contributed by atoms with Gasteiger partial charge in [0, 0.05) is 17.3 Å². The standard InChI is InChI=1S/C12H18ClNS/c1-2-15-10-4-3-9-14-12-7-5-11(13)6-8-12/h5-8,14H,2-4,9-10H2,1H3. The first-order valence-corrected chi connectivity index (χ1v) is 6.93. The molecule has 15 heavy (non-hydrogen) atoms. The molecule has 0 atom stereocenters.